The number of carbonyl (C=O) groups is 3. The molecule has 0 bridgehead atoms. The monoisotopic (exact) mass is 835 g/mol. The van der Waals surface area contributed by atoms with Gasteiger partial charge in [0.15, 0.2) is 0 Å². The molecule has 2 aliphatic heterocycles. The lowest BCUT2D eigenvalue weighted by Crippen LogP contribution is -2.68. The standard InChI is InChI=1S/C51H82N2O7/c1-45(2)36(42(54)55)29-37(45)43(56)60-40-16-18-48(6)38(46(40,3)4)15-19-50(8)39(48)13-12-35-41-34(47(5)21-22-47)14-20-51(41,24-23-49(35,50)7)44(57)53-25-10-11-32(53)30-52-26-17-33(31-52)59-28-27-58-9/h32-41H,10-31H2,1-9H3,(H,54,55)/t32-,33-,34+,35?,36-,37?,38-,39+,40-,41+,48-,49+,50+,51-/m0/s1. The number of fused-ring (bicyclic) bond motifs is 7. The second kappa shape index (κ2) is 14.9. The number of aliphatic carboxylic acids is 1. The number of esters is 1. The molecule has 0 spiro atoms. The second-order valence-electron chi connectivity index (χ2n) is 24.8. The molecule has 2 heterocycles. The summed E-state index contributed by atoms with van der Waals surface area (Å²) in [5.41, 5.74) is -0.0158. The van der Waals surface area contributed by atoms with Gasteiger partial charge in [-0.1, -0.05) is 55.4 Å². The number of ether oxygens (including phenoxy) is 3. The highest BCUT2D eigenvalue weighted by Crippen LogP contribution is 2.79. The zero-order chi connectivity index (χ0) is 42.8. The molecule has 1 amide bonds. The number of carboxylic acid groups (broad SMARTS) is 1. The largest absolute Gasteiger partial charge is 0.481 e. The van der Waals surface area contributed by atoms with E-state index in [2.05, 4.69) is 51.3 Å². The van der Waals surface area contributed by atoms with E-state index in [0.717, 1.165) is 77.5 Å². The predicted octanol–water partition coefficient (Wildman–Crippen LogP) is 9.26. The molecule has 1 N–H and O–H groups in total. The van der Waals surface area contributed by atoms with E-state index >= 15 is 4.79 Å². The van der Waals surface area contributed by atoms with Gasteiger partial charge in [0.1, 0.15) is 6.10 Å². The molecule has 338 valence electrons. The number of rotatable bonds is 11. The van der Waals surface area contributed by atoms with Crippen LogP contribution in [0.2, 0.25) is 0 Å². The van der Waals surface area contributed by atoms with E-state index in [-0.39, 0.29) is 51.2 Å². The van der Waals surface area contributed by atoms with Gasteiger partial charge < -0.3 is 24.2 Å². The minimum absolute atomic E-state index is 0.144. The Bertz CT molecular complexity index is 1690. The summed E-state index contributed by atoms with van der Waals surface area (Å²) in [6.45, 7) is 24.4. The summed E-state index contributed by atoms with van der Waals surface area (Å²) in [6, 6.07) is 0.317. The maximum absolute atomic E-state index is 15.6. The van der Waals surface area contributed by atoms with E-state index in [1.54, 1.807) is 7.11 Å². The van der Waals surface area contributed by atoms with Crippen molar-refractivity contribution in [3.63, 3.8) is 0 Å². The first-order valence-electron chi connectivity index (χ1n) is 24.8. The van der Waals surface area contributed by atoms with Gasteiger partial charge in [0.2, 0.25) is 5.91 Å². The van der Waals surface area contributed by atoms with Crippen LogP contribution in [0.4, 0.5) is 0 Å². The van der Waals surface area contributed by atoms with Crippen molar-refractivity contribution in [1.29, 1.82) is 0 Å². The first-order chi connectivity index (χ1) is 28.3. The highest BCUT2D eigenvalue weighted by Gasteiger charge is 2.74. The maximum Gasteiger partial charge on any atom is 0.309 e. The van der Waals surface area contributed by atoms with E-state index in [1.165, 1.54) is 44.9 Å². The zero-order valence-corrected chi connectivity index (χ0v) is 39.1. The molecule has 0 aromatic rings. The van der Waals surface area contributed by atoms with E-state index in [0.29, 0.717) is 66.6 Å². The highest BCUT2D eigenvalue weighted by atomic mass is 16.5. The Balaban J connectivity index is 0.935. The van der Waals surface area contributed by atoms with Gasteiger partial charge in [-0.05, 0) is 159 Å². The van der Waals surface area contributed by atoms with Gasteiger partial charge >= 0.3 is 11.9 Å². The Morgan fingerprint density at radius 1 is 0.700 bits per heavy atom. The summed E-state index contributed by atoms with van der Waals surface area (Å²) in [6.07, 6.45) is 17.8. The van der Waals surface area contributed by atoms with Crippen LogP contribution < -0.4 is 0 Å². The van der Waals surface area contributed by atoms with E-state index in [4.69, 9.17) is 14.2 Å². The molecule has 9 aliphatic rings. The number of hydrogen-bond donors (Lipinski definition) is 1. The summed E-state index contributed by atoms with van der Waals surface area (Å²) < 4.78 is 17.9. The van der Waals surface area contributed by atoms with Crippen molar-refractivity contribution in [2.24, 2.45) is 79.3 Å². The minimum Gasteiger partial charge on any atom is -0.481 e. The maximum atomic E-state index is 15.6. The van der Waals surface area contributed by atoms with Crippen molar-refractivity contribution < 1.29 is 33.7 Å². The average Bonchev–Trinajstić information content (AvgIpc) is 3.51. The Hall–Kier alpha value is -1.71. The van der Waals surface area contributed by atoms with E-state index < -0.39 is 17.3 Å². The smallest absolute Gasteiger partial charge is 0.309 e. The van der Waals surface area contributed by atoms with Crippen LogP contribution in [0.3, 0.4) is 0 Å². The molecule has 2 saturated heterocycles. The number of nitrogens with zero attached hydrogens (tertiary/aromatic N) is 2. The molecule has 9 nitrogen and oxygen atoms in total. The lowest BCUT2D eigenvalue weighted by atomic mass is 9.32. The van der Waals surface area contributed by atoms with Gasteiger partial charge in [-0.25, -0.2) is 0 Å². The Labute approximate surface area is 362 Å². The van der Waals surface area contributed by atoms with Crippen LogP contribution >= 0.6 is 0 Å². The fourth-order valence-corrected chi connectivity index (χ4v) is 17.7. The zero-order valence-electron chi connectivity index (χ0n) is 39.1. The lowest BCUT2D eigenvalue weighted by molar-refractivity contribution is -0.253. The van der Waals surface area contributed by atoms with Crippen LogP contribution in [-0.4, -0.2) is 97.5 Å². The number of carbonyl (C=O) groups excluding carboxylic acids is 2. The number of likely N-dealkylation sites (tertiary alicyclic amines) is 2. The molecule has 0 aromatic carbocycles. The summed E-state index contributed by atoms with van der Waals surface area (Å²) in [5, 5.41) is 9.72. The summed E-state index contributed by atoms with van der Waals surface area (Å²) in [4.78, 5) is 46.2. The van der Waals surface area contributed by atoms with Crippen LogP contribution in [0, 0.1) is 79.3 Å². The molecule has 7 saturated carbocycles. The quantitative estimate of drug-likeness (QED) is 0.162. The van der Waals surface area contributed by atoms with Gasteiger partial charge in [0, 0.05) is 44.7 Å². The summed E-state index contributed by atoms with van der Waals surface area (Å²) >= 11 is 0. The Kier molecular flexibility index (Phi) is 10.8. The molecule has 0 aromatic heterocycles. The Morgan fingerprint density at radius 3 is 2.17 bits per heavy atom. The van der Waals surface area contributed by atoms with Crippen molar-refractivity contribution in [3.8, 4) is 0 Å². The van der Waals surface area contributed by atoms with Crippen molar-refractivity contribution >= 4 is 17.8 Å². The van der Waals surface area contributed by atoms with Gasteiger partial charge in [-0.2, -0.15) is 0 Å². The fourth-order valence-electron chi connectivity index (χ4n) is 17.7. The number of methoxy groups -OCH3 is 1. The van der Waals surface area contributed by atoms with E-state index in [9.17, 15) is 14.7 Å². The molecule has 9 rings (SSSR count). The third kappa shape index (κ3) is 6.38. The van der Waals surface area contributed by atoms with Crippen molar-refractivity contribution in [3.05, 3.63) is 0 Å². The molecule has 9 heteroatoms. The van der Waals surface area contributed by atoms with E-state index in [1.807, 2.05) is 13.8 Å². The van der Waals surface area contributed by atoms with Crippen molar-refractivity contribution in [1.82, 2.24) is 9.80 Å². The number of hydrogen-bond acceptors (Lipinski definition) is 7. The van der Waals surface area contributed by atoms with Gasteiger partial charge in [0.25, 0.3) is 0 Å². The van der Waals surface area contributed by atoms with Crippen LogP contribution in [0.15, 0.2) is 0 Å². The SMILES string of the molecule is COCCO[C@H]1CCN(C[C@@H]2CCCN2C(=O)[C@]23CC[C@@H](C4(C)CC4)[C@@H]2C2CC[C@@H]4[C@@]5(C)CC[C@H](OC(=O)C6C[C@@H](C(=O)O)C6(C)C)C(C)(C)[C@@H]5CC[C@@]4(C)[C@]2(C)CC3)C1. The normalized spacial score (nSPS) is 47.3. The minimum atomic E-state index is -0.806. The lowest BCUT2D eigenvalue weighted by Gasteiger charge is -2.73. The first-order valence-corrected chi connectivity index (χ1v) is 24.8. The van der Waals surface area contributed by atoms with Crippen LogP contribution in [0.1, 0.15) is 158 Å². The molecule has 2 unspecified atom stereocenters. The molecule has 0 radical (unpaired) electrons. The molecule has 7 aliphatic carbocycles. The Morgan fingerprint density at radius 2 is 1.47 bits per heavy atom. The average molecular weight is 835 g/mol. The predicted molar refractivity (Wildman–Crippen MR) is 232 cm³/mol. The third-order valence-electron chi connectivity index (χ3n) is 21.8. The number of amides is 1. The summed E-state index contributed by atoms with van der Waals surface area (Å²) in [7, 11) is 1.73. The molecule has 60 heavy (non-hydrogen) atoms. The summed E-state index contributed by atoms with van der Waals surface area (Å²) in [5.74, 6) is 1.49. The van der Waals surface area contributed by atoms with Gasteiger partial charge in [-0.3, -0.25) is 19.3 Å². The first kappa shape index (κ1) is 43.5. The van der Waals surface area contributed by atoms with Crippen molar-refractivity contribution in [2.45, 2.75) is 176 Å². The molecule has 14 atom stereocenters. The second-order valence-corrected chi connectivity index (χ2v) is 24.8. The van der Waals surface area contributed by atoms with Crippen LogP contribution in [0.5, 0.6) is 0 Å². The molecular weight excluding hydrogens is 753 g/mol. The van der Waals surface area contributed by atoms with Crippen molar-refractivity contribution in [2.75, 3.05) is 46.5 Å². The van der Waals surface area contributed by atoms with Crippen LogP contribution in [-0.2, 0) is 28.6 Å². The van der Waals surface area contributed by atoms with Crippen LogP contribution in [0.25, 0.3) is 0 Å². The highest BCUT2D eigenvalue weighted by molar-refractivity contribution is 5.84. The molecular formula is C51H82N2O7. The van der Waals surface area contributed by atoms with Gasteiger partial charge in [0.05, 0.1) is 36.6 Å². The topological polar surface area (TPSA) is 106 Å². The fraction of sp³-hybridized carbons (Fsp3) is 0.941. The third-order valence-corrected chi connectivity index (χ3v) is 21.8. The molecule has 9 fully saturated rings. The van der Waals surface area contributed by atoms with Gasteiger partial charge in [-0.15, -0.1) is 0 Å². The number of carboxylic acids is 1.